The number of aliphatic hydroxyl groups excluding tert-OH is 1. The molecule has 1 atom stereocenters. The molecule has 0 fully saturated rings. The normalized spacial score (nSPS) is 12.1. The van der Waals surface area contributed by atoms with Gasteiger partial charge in [0.1, 0.15) is 34.0 Å². The number of aromatic nitrogens is 2. The molecule has 0 saturated heterocycles. The van der Waals surface area contributed by atoms with E-state index in [2.05, 4.69) is 9.97 Å². The van der Waals surface area contributed by atoms with E-state index in [0.717, 1.165) is 5.56 Å². The number of thiophene rings is 1. The van der Waals surface area contributed by atoms with Gasteiger partial charge in [0.2, 0.25) is 0 Å². The maximum absolute atomic E-state index is 13.0. The summed E-state index contributed by atoms with van der Waals surface area (Å²) in [5.74, 6) is 0.677. The predicted molar refractivity (Wildman–Crippen MR) is 139 cm³/mol. The van der Waals surface area contributed by atoms with Gasteiger partial charge in [-0.25, -0.2) is 9.78 Å². The number of methoxy groups -OCH3 is 1. The van der Waals surface area contributed by atoms with Crippen molar-refractivity contribution in [3.8, 4) is 5.75 Å². The zero-order valence-electron chi connectivity index (χ0n) is 20.3. The fraction of sp³-hybridized carbons (Fsp3) is 0.296. The molecule has 188 valence electrons. The number of H-pyrrole nitrogens is 1. The maximum Gasteiger partial charge on any atom is 0.348 e. The molecule has 0 aliphatic heterocycles. The topological polar surface area (TPSA) is 105 Å². The van der Waals surface area contributed by atoms with Crippen LogP contribution in [0.4, 0.5) is 0 Å². The maximum atomic E-state index is 13.0. The number of esters is 1. The molecule has 0 amide bonds. The molecule has 0 aliphatic rings. The first kappa shape index (κ1) is 25.6. The number of benzene rings is 2. The quantitative estimate of drug-likeness (QED) is 0.298. The summed E-state index contributed by atoms with van der Waals surface area (Å²) in [4.78, 5) is 35.7. The van der Waals surface area contributed by atoms with Gasteiger partial charge < -0.3 is 19.6 Å². The second kappa shape index (κ2) is 11.9. The van der Waals surface area contributed by atoms with E-state index >= 15 is 0 Å². The largest absolute Gasteiger partial charge is 0.491 e. The first-order chi connectivity index (χ1) is 17.5. The molecule has 4 aromatic rings. The van der Waals surface area contributed by atoms with Crippen LogP contribution >= 0.6 is 11.3 Å². The number of hydrogen-bond acceptors (Lipinski definition) is 8. The molecule has 2 N–H and O–H groups in total. The molecule has 2 heterocycles. The van der Waals surface area contributed by atoms with Gasteiger partial charge in [-0.2, -0.15) is 0 Å². The second-order valence-corrected chi connectivity index (χ2v) is 9.38. The van der Waals surface area contributed by atoms with Crippen LogP contribution in [0.2, 0.25) is 0 Å². The molecule has 8 nitrogen and oxygen atoms in total. The highest BCUT2D eigenvalue weighted by Crippen LogP contribution is 2.29. The van der Waals surface area contributed by atoms with Crippen LogP contribution in [0.3, 0.4) is 0 Å². The van der Waals surface area contributed by atoms with E-state index in [1.807, 2.05) is 72.5 Å². The van der Waals surface area contributed by atoms with Crippen molar-refractivity contribution in [3.63, 3.8) is 0 Å². The predicted octanol–water partition coefficient (Wildman–Crippen LogP) is 3.78. The molecule has 36 heavy (non-hydrogen) atoms. The van der Waals surface area contributed by atoms with Crippen molar-refractivity contribution in [3.05, 3.63) is 92.8 Å². The van der Waals surface area contributed by atoms with Crippen molar-refractivity contribution < 1.29 is 19.4 Å². The van der Waals surface area contributed by atoms with Crippen molar-refractivity contribution >= 4 is 27.5 Å². The lowest BCUT2D eigenvalue weighted by Crippen LogP contribution is -2.35. The number of carbonyl (C=O) groups excluding carboxylic acids is 1. The summed E-state index contributed by atoms with van der Waals surface area (Å²) in [5, 5.41) is 11.1. The Bertz CT molecular complexity index is 1350. The van der Waals surface area contributed by atoms with Gasteiger partial charge in [0, 0.05) is 13.1 Å². The van der Waals surface area contributed by atoms with Crippen LogP contribution in [-0.2, 0) is 24.2 Å². The van der Waals surface area contributed by atoms with Gasteiger partial charge in [-0.1, -0.05) is 55.5 Å². The lowest BCUT2D eigenvalue weighted by molar-refractivity contribution is 0.0604. The standard InChI is InChI=1S/C27H29N3O5S/c1-3-21-23-25(32)28-22(29-26(23)36-24(21)27(33)34-2)16-30(14-18-10-6-4-7-11-18)15-19(31)17-35-20-12-8-5-9-13-20/h4-13,19,31H,3,14-17H2,1-2H3,(H,28,29,32)/t19-/m0/s1. The van der Waals surface area contributed by atoms with Crippen LogP contribution in [0.25, 0.3) is 10.2 Å². The number of aromatic amines is 1. The first-order valence-corrected chi connectivity index (χ1v) is 12.5. The third-order valence-corrected chi connectivity index (χ3v) is 6.82. The van der Waals surface area contributed by atoms with E-state index in [9.17, 15) is 14.7 Å². The Morgan fingerprint density at radius 2 is 1.81 bits per heavy atom. The Balaban J connectivity index is 1.57. The summed E-state index contributed by atoms with van der Waals surface area (Å²) in [6.45, 7) is 3.17. The minimum atomic E-state index is -0.760. The number of nitrogens with one attached hydrogen (secondary N) is 1. The van der Waals surface area contributed by atoms with E-state index in [1.165, 1.54) is 18.4 Å². The lowest BCUT2D eigenvalue weighted by Gasteiger charge is -2.25. The fourth-order valence-electron chi connectivity index (χ4n) is 4.08. The van der Waals surface area contributed by atoms with E-state index in [-0.39, 0.29) is 12.2 Å². The summed E-state index contributed by atoms with van der Waals surface area (Å²) in [7, 11) is 1.32. The van der Waals surface area contributed by atoms with E-state index in [0.29, 0.717) is 58.3 Å². The van der Waals surface area contributed by atoms with Crippen molar-refractivity contribution in [1.29, 1.82) is 0 Å². The van der Waals surface area contributed by atoms with Crippen LogP contribution in [0.15, 0.2) is 65.5 Å². The molecule has 0 unspecified atom stereocenters. The number of para-hydroxylation sites is 1. The van der Waals surface area contributed by atoms with E-state index in [4.69, 9.17) is 9.47 Å². The highest BCUT2D eigenvalue weighted by Gasteiger charge is 2.22. The summed E-state index contributed by atoms with van der Waals surface area (Å²) in [6, 6.07) is 19.2. The van der Waals surface area contributed by atoms with Crippen molar-refractivity contribution in [1.82, 2.24) is 14.9 Å². The molecular formula is C27H29N3O5S. The van der Waals surface area contributed by atoms with Crippen LogP contribution in [0.5, 0.6) is 5.75 Å². The van der Waals surface area contributed by atoms with Crippen molar-refractivity contribution in [2.45, 2.75) is 32.5 Å². The summed E-state index contributed by atoms with van der Waals surface area (Å²) >= 11 is 1.17. The zero-order chi connectivity index (χ0) is 25.5. The summed E-state index contributed by atoms with van der Waals surface area (Å²) in [5.41, 5.74) is 1.43. The van der Waals surface area contributed by atoms with Crippen molar-refractivity contribution in [2.75, 3.05) is 20.3 Å². The number of rotatable bonds is 11. The van der Waals surface area contributed by atoms with Crippen LogP contribution in [0.1, 0.15) is 33.5 Å². The molecule has 2 aromatic carbocycles. The van der Waals surface area contributed by atoms with Gasteiger partial charge in [-0.15, -0.1) is 11.3 Å². The molecule has 0 radical (unpaired) electrons. The first-order valence-electron chi connectivity index (χ1n) is 11.7. The molecule has 2 aromatic heterocycles. The second-order valence-electron chi connectivity index (χ2n) is 8.38. The van der Waals surface area contributed by atoms with Gasteiger partial charge in [0.25, 0.3) is 5.56 Å². The Labute approximate surface area is 213 Å². The monoisotopic (exact) mass is 507 g/mol. The molecule has 0 bridgehead atoms. The van der Waals surface area contributed by atoms with E-state index < -0.39 is 12.1 Å². The Morgan fingerprint density at radius 3 is 2.47 bits per heavy atom. The lowest BCUT2D eigenvalue weighted by atomic mass is 10.1. The molecule has 0 saturated carbocycles. The number of ether oxygens (including phenoxy) is 2. The Kier molecular flexibility index (Phi) is 8.48. The average Bonchev–Trinajstić information content (AvgIpc) is 3.27. The number of aryl methyl sites for hydroxylation is 1. The van der Waals surface area contributed by atoms with Gasteiger partial charge in [0.05, 0.1) is 19.0 Å². The minimum absolute atomic E-state index is 0.131. The molecule has 9 heteroatoms. The number of fused-ring (bicyclic) bond motifs is 1. The Hall–Kier alpha value is -3.53. The highest BCUT2D eigenvalue weighted by atomic mass is 32.1. The van der Waals surface area contributed by atoms with Gasteiger partial charge in [0.15, 0.2) is 0 Å². The molecule has 4 rings (SSSR count). The number of carbonyl (C=O) groups is 1. The zero-order valence-corrected chi connectivity index (χ0v) is 21.1. The van der Waals surface area contributed by atoms with Crippen LogP contribution < -0.4 is 10.3 Å². The summed E-state index contributed by atoms with van der Waals surface area (Å²) in [6.07, 6.45) is -0.244. The summed E-state index contributed by atoms with van der Waals surface area (Å²) < 4.78 is 10.6. The molecular weight excluding hydrogens is 478 g/mol. The minimum Gasteiger partial charge on any atom is -0.491 e. The smallest absolute Gasteiger partial charge is 0.348 e. The third kappa shape index (κ3) is 6.17. The molecule has 0 aliphatic carbocycles. The van der Waals surface area contributed by atoms with Crippen molar-refractivity contribution in [2.24, 2.45) is 0 Å². The number of nitrogens with zero attached hydrogens (tertiary/aromatic N) is 2. The molecule has 0 spiro atoms. The highest BCUT2D eigenvalue weighted by molar-refractivity contribution is 7.20. The van der Waals surface area contributed by atoms with Gasteiger partial charge in [-0.05, 0) is 29.7 Å². The Morgan fingerprint density at radius 1 is 1.11 bits per heavy atom. The van der Waals surface area contributed by atoms with Crippen LogP contribution in [0, 0.1) is 0 Å². The fourth-order valence-corrected chi connectivity index (χ4v) is 5.28. The van der Waals surface area contributed by atoms with E-state index in [1.54, 1.807) is 0 Å². The number of aliphatic hydroxyl groups is 1. The SMILES string of the molecule is CCc1c(C(=O)OC)sc2nc(CN(Cc3ccccc3)C[C@H](O)COc3ccccc3)[nH]c(=O)c12. The third-order valence-electron chi connectivity index (χ3n) is 5.71. The number of hydrogen-bond donors (Lipinski definition) is 2. The van der Waals surface area contributed by atoms with Crippen LogP contribution in [-0.4, -0.2) is 52.3 Å². The average molecular weight is 508 g/mol. The van der Waals surface area contributed by atoms with Gasteiger partial charge >= 0.3 is 5.97 Å². The van der Waals surface area contributed by atoms with Gasteiger partial charge in [-0.3, -0.25) is 9.69 Å².